The normalized spacial score (nSPS) is 19.5. The van der Waals surface area contributed by atoms with Gasteiger partial charge in [-0.25, -0.2) is 4.79 Å². The van der Waals surface area contributed by atoms with Crippen molar-refractivity contribution in [3.05, 3.63) is 82.9 Å². The zero-order valence-electron chi connectivity index (χ0n) is 15.2. The molecule has 0 N–H and O–H groups in total. The number of ether oxygens (including phenoxy) is 1. The van der Waals surface area contributed by atoms with Gasteiger partial charge in [-0.2, -0.15) is 0 Å². The van der Waals surface area contributed by atoms with Crippen LogP contribution in [0.25, 0.3) is 0 Å². The molecular weight excluding hydrogens is 408 g/mol. The Kier molecular flexibility index (Phi) is 5.80. The number of hydrogen-bond acceptors (Lipinski definition) is 3. The highest BCUT2D eigenvalue weighted by Gasteiger charge is 2.36. The summed E-state index contributed by atoms with van der Waals surface area (Å²) in [5.74, 6) is -0.450. The molecule has 0 bridgehead atoms. The van der Waals surface area contributed by atoms with Crippen molar-refractivity contribution in [1.82, 2.24) is 0 Å². The zero-order chi connectivity index (χ0) is 18.7. The number of carbonyl (C=O) groups is 1. The van der Waals surface area contributed by atoms with Gasteiger partial charge in [0.05, 0.1) is 13.2 Å². The van der Waals surface area contributed by atoms with E-state index < -0.39 is 8.32 Å². The van der Waals surface area contributed by atoms with E-state index in [1.54, 1.807) is 0 Å². The third-order valence-electron chi connectivity index (χ3n) is 4.58. The maximum absolute atomic E-state index is 12.6. The molecular formula is C21H23BrO3Si. The SMILES string of the molecule is COC(=O)C1=C[C@H](O[Si](C)(C)CBr)c2ccccc2[C@H]1c1ccccc1. The average Bonchev–Trinajstić information content (AvgIpc) is 2.67. The predicted octanol–water partition coefficient (Wildman–Crippen LogP) is 5.13. The molecule has 2 aromatic carbocycles. The molecule has 2 aromatic rings. The number of alkyl halides is 1. The number of rotatable bonds is 5. The smallest absolute Gasteiger partial charge is 0.334 e. The number of halogens is 1. The van der Waals surface area contributed by atoms with Crippen molar-refractivity contribution in [3.8, 4) is 0 Å². The molecule has 0 aromatic heterocycles. The molecule has 1 aliphatic carbocycles. The Morgan fingerprint density at radius 3 is 2.27 bits per heavy atom. The second-order valence-corrected chi connectivity index (χ2v) is 12.7. The summed E-state index contributed by atoms with van der Waals surface area (Å²) < 4.78 is 11.6. The first-order valence-corrected chi connectivity index (χ1v) is 12.9. The third kappa shape index (κ3) is 3.85. The first-order valence-electron chi connectivity index (χ1n) is 8.64. The van der Waals surface area contributed by atoms with Crippen LogP contribution in [0.4, 0.5) is 0 Å². The number of benzene rings is 2. The van der Waals surface area contributed by atoms with Crippen LogP contribution in [0, 0.1) is 0 Å². The molecule has 0 unspecified atom stereocenters. The van der Waals surface area contributed by atoms with Gasteiger partial charge in [0.15, 0.2) is 8.32 Å². The number of esters is 1. The molecule has 26 heavy (non-hydrogen) atoms. The van der Waals surface area contributed by atoms with Gasteiger partial charge in [-0.1, -0.05) is 70.5 Å². The summed E-state index contributed by atoms with van der Waals surface area (Å²) in [4.78, 5) is 13.4. The summed E-state index contributed by atoms with van der Waals surface area (Å²) in [6.45, 7) is 4.33. The van der Waals surface area contributed by atoms with Gasteiger partial charge in [-0.3, -0.25) is 0 Å². The van der Waals surface area contributed by atoms with Gasteiger partial charge in [0.1, 0.15) is 0 Å². The van der Waals surface area contributed by atoms with E-state index in [1.165, 1.54) is 7.11 Å². The van der Waals surface area contributed by atoms with Crippen LogP contribution in [0.15, 0.2) is 66.2 Å². The molecule has 0 radical (unpaired) electrons. The highest BCUT2D eigenvalue weighted by atomic mass is 79.9. The molecule has 0 saturated heterocycles. The average molecular weight is 431 g/mol. The van der Waals surface area contributed by atoms with Crippen LogP contribution >= 0.6 is 15.9 Å². The van der Waals surface area contributed by atoms with E-state index in [2.05, 4.69) is 53.3 Å². The fourth-order valence-electron chi connectivity index (χ4n) is 3.33. The molecule has 0 fully saturated rings. The van der Waals surface area contributed by atoms with Gasteiger partial charge >= 0.3 is 5.97 Å². The van der Waals surface area contributed by atoms with Crippen molar-refractivity contribution in [2.45, 2.75) is 25.1 Å². The fourth-order valence-corrected chi connectivity index (χ4v) is 4.67. The molecule has 0 heterocycles. The summed E-state index contributed by atoms with van der Waals surface area (Å²) in [7, 11) is -0.460. The molecule has 0 saturated carbocycles. The van der Waals surface area contributed by atoms with Crippen LogP contribution in [0.2, 0.25) is 13.1 Å². The lowest BCUT2D eigenvalue weighted by Gasteiger charge is -2.34. The monoisotopic (exact) mass is 430 g/mol. The van der Waals surface area contributed by atoms with Gasteiger partial charge in [0, 0.05) is 16.4 Å². The fraction of sp³-hybridized carbons (Fsp3) is 0.286. The van der Waals surface area contributed by atoms with Gasteiger partial charge in [0.2, 0.25) is 0 Å². The minimum Gasteiger partial charge on any atom is -0.466 e. The molecule has 3 nitrogen and oxygen atoms in total. The Hall–Kier alpha value is -1.69. The molecule has 1 aliphatic rings. The maximum Gasteiger partial charge on any atom is 0.334 e. The van der Waals surface area contributed by atoms with E-state index >= 15 is 0 Å². The largest absolute Gasteiger partial charge is 0.466 e. The molecule has 5 heteroatoms. The molecule has 136 valence electrons. The molecule has 0 amide bonds. The van der Waals surface area contributed by atoms with Crippen LogP contribution < -0.4 is 0 Å². The van der Waals surface area contributed by atoms with Crippen LogP contribution in [0.1, 0.15) is 28.7 Å². The number of carbonyl (C=O) groups excluding carboxylic acids is 1. The summed E-state index contributed by atoms with van der Waals surface area (Å²) in [5.41, 5.74) is 3.94. The topological polar surface area (TPSA) is 35.5 Å². The van der Waals surface area contributed by atoms with Gasteiger partial charge in [-0.05, 0) is 35.9 Å². The second kappa shape index (κ2) is 7.90. The Bertz CT molecular complexity index is 817. The van der Waals surface area contributed by atoms with E-state index in [-0.39, 0.29) is 18.0 Å². The summed E-state index contributed by atoms with van der Waals surface area (Å²) in [6, 6.07) is 18.3. The minimum atomic E-state index is -1.89. The molecule has 0 spiro atoms. The van der Waals surface area contributed by atoms with Crippen LogP contribution in [0.3, 0.4) is 0 Å². The van der Waals surface area contributed by atoms with E-state index in [0.29, 0.717) is 5.57 Å². The lowest BCUT2D eigenvalue weighted by Crippen LogP contribution is -2.36. The highest BCUT2D eigenvalue weighted by Crippen LogP contribution is 2.43. The van der Waals surface area contributed by atoms with E-state index in [0.717, 1.165) is 21.6 Å². The quantitative estimate of drug-likeness (QED) is 0.374. The summed E-state index contributed by atoms with van der Waals surface area (Å²) >= 11 is 3.57. The molecule has 0 aliphatic heterocycles. The third-order valence-corrected chi connectivity index (χ3v) is 10.2. The Balaban J connectivity index is 2.15. The van der Waals surface area contributed by atoms with Crippen LogP contribution in [-0.2, 0) is 14.0 Å². The van der Waals surface area contributed by atoms with Crippen molar-refractivity contribution < 1.29 is 14.0 Å². The van der Waals surface area contributed by atoms with Crippen molar-refractivity contribution in [2.24, 2.45) is 0 Å². The van der Waals surface area contributed by atoms with Gasteiger partial charge in [0.25, 0.3) is 0 Å². The predicted molar refractivity (Wildman–Crippen MR) is 110 cm³/mol. The van der Waals surface area contributed by atoms with E-state index in [4.69, 9.17) is 9.16 Å². The lowest BCUT2D eigenvalue weighted by molar-refractivity contribution is -0.136. The van der Waals surface area contributed by atoms with Crippen LogP contribution in [-0.4, -0.2) is 26.3 Å². The standard InChI is InChI=1S/C21H23BrO3Si/c1-24-21(23)18-13-19(25-26(2,3)14-22)16-11-7-8-12-17(16)20(18)15-9-5-4-6-10-15/h4-13,19-20H,14H2,1-3H3/t19-,20+/m0/s1. The molecule has 2 atom stereocenters. The number of methoxy groups -OCH3 is 1. The highest BCUT2D eigenvalue weighted by molar-refractivity contribution is 9.09. The van der Waals surface area contributed by atoms with E-state index in [9.17, 15) is 4.79 Å². The summed E-state index contributed by atoms with van der Waals surface area (Å²) in [6.07, 6.45) is 1.71. The van der Waals surface area contributed by atoms with Gasteiger partial charge in [-0.15, -0.1) is 0 Å². The van der Waals surface area contributed by atoms with Crippen molar-refractivity contribution in [1.29, 1.82) is 0 Å². The second-order valence-electron chi connectivity index (χ2n) is 7.02. The zero-order valence-corrected chi connectivity index (χ0v) is 17.8. The first-order chi connectivity index (χ1) is 12.5. The van der Waals surface area contributed by atoms with Crippen molar-refractivity contribution in [3.63, 3.8) is 0 Å². The summed E-state index contributed by atoms with van der Waals surface area (Å²) in [5, 5.41) is 0. The first kappa shape index (κ1) is 19.1. The van der Waals surface area contributed by atoms with Crippen LogP contribution in [0.5, 0.6) is 0 Å². The Labute approximate surface area is 164 Å². The Morgan fingerprint density at radius 2 is 1.65 bits per heavy atom. The number of hydrogen-bond donors (Lipinski definition) is 0. The minimum absolute atomic E-state index is 0.145. The van der Waals surface area contributed by atoms with Crippen molar-refractivity contribution >= 4 is 30.2 Å². The number of fused-ring (bicyclic) bond motifs is 1. The van der Waals surface area contributed by atoms with Crippen molar-refractivity contribution in [2.75, 3.05) is 12.1 Å². The molecule has 3 rings (SSSR count). The van der Waals surface area contributed by atoms with Gasteiger partial charge < -0.3 is 9.16 Å². The Morgan fingerprint density at radius 1 is 1.04 bits per heavy atom. The maximum atomic E-state index is 12.6. The lowest BCUT2D eigenvalue weighted by atomic mass is 9.77. The van der Waals surface area contributed by atoms with E-state index in [1.807, 2.05) is 36.4 Å².